The minimum absolute atomic E-state index is 0.0714. The molecule has 3 rings (SSSR count). The standard InChI is InChI=1S/C19H18N4O5/c24-17(25)10-3-4-11-22-16-9-2-1-8-15(16)20-19(22)21-18(26)13-6-5-7-14(12-13)23(27)28/h1-2,5-9,12H,3-4,10-11H2,(H,24,25)(H,20,21,26). The molecule has 0 saturated heterocycles. The molecule has 0 aliphatic rings. The van der Waals surface area contributed by atoms with Gasteiger partial charge in [-0.05, 0) is 31.0 Å². The van der Waals surface area contributed by atoms with E-state index in [9.17, 15) is 19.7 Å². The minimum Gasteiger partial charge on any atom is -0.481 e. The van der Waals surface area contributed by atoms with Gasteiger partial charge in [0.1, 0.15) is 0 Å². The molecule has 0 bridgehead atoms. The monoisotopic (exact) mass is 382 g/mol. The fourth-order valence-electron chi connectivity index (χ4n) is 2.88. The molecule has 1 heterocycles. The SMILES string of the molecule is O=C(O)CCCCn1c(NC(=O)c2cccc([N+](=O)[O-])c2)nc2ccccc21. The van der Waals surface area contributed by atoms with Gasteiger partial charge in [-0.1, -0.05) is 18.2 Å². The number of carboxylic acid groups (broad SMARTS) is 1. The number of hydrogen-bond donors (Lipinski definition) is 2. The Labute approximate surface area is 159 Å². The van der Waals surface area contributed by atoms with Gasteiger partial charge >= 0.3 is 5.97 Å². The lowest BCUT2D eigenvalue weighted by Crippen LogP contribution is -2.16. The summed E-state index contributed by atoms with van der Waals surface area (Å²) in [5.41, 5.74) is 1.48. The lowest BCUT2D eigenvalue weighted by molar-refractivity contribution is -0.384. The lowest BCUT2D eigenvalue weighted by atomic mass is 10.2. The number of carbonyl (C=O) groups excluding carboxylic acids is 1. The largest absolute Gasteiger partial charge is 0.481 e. The van der Waals surface area contributed by atoms with Crippen LogP contribution in [0, 0.1) is 10.1 Å². The van der Waals surface area contributed by atoms with Gasteiger partial charge in [0.05, 0.1) is 16.0 Å². The summed E-state index contributed by atoms with van der Waals surface area (Å²) in [6.07, 6.45) is 1.18. The van der Waals surface area contributed by atoms with Crippen molar-refractivity contribution in [2.45, 2.75) is 25.8 Å². The normalized spacial score (nSPS) is 10.7. The molecule has 2 aromatic carbocycles. The summed E-state index contributed by atoms with van der Waals surface area (Å²) in [7, 11) is 0. The number of hydrogen-bond acceptors (Lipinski definition) is 5. The third-order valence-electron chi connectivity index (χ3n) is 4.22. The third-order valence-corrected chi connectivity index (χ3v) is 4.22. The van der Waals surface area contributed by atoms with Crippen LogP contribution in [0.3, 0.4) is 0 Å². The Kier molecular flexibility index (Phi) is 5.64. The van der Waals surface area contributed by atoms with Crippen molar-refractivity contribution in [3.8, 4) is 0 Å². The molecule has 3 aromatic rings. The second-order valence-electron chi connectivity index (χ2n) is 6.19. The Morgan fingerprint density at radius 1 is 1.14 bits per heavy atom. The fraction of sp³-hybridized carbons (Fsp3) is 0.211. The highest BCUT2D eigenvalue weighted by Gasteiger charge is 2.16. The molecule has 0 aliphatic carbocycles. The molecule has 144 valence electrons. The summed E-state index contributed by atoms with van der Waals surface area (Å²) in [5.74, 6) is -1.05. The summed E-state index contributed by atoms with van der Waals surface area (Å²) in [4.78, 5) is 38.1. The van der Waals surface area contributed by atoms with Crippen LogP contribution in [0.25, 0.3) is 11.0 Å². The number of aromatic nitrogens is 2. The number of aryl methyl sites for hydroxylation is 1. The van der Waals surface area contributed by atoms with Crippen LogP contribution < -0.4 is 5.32 Å². The molecule has 9 heteroatoms. The van der Waals surface area contributed by atoms with E-state index in [2.05, 4.69) is 10.3 Å². The van der Waals surface area contributed by atoms with E-state index in [-0.39, 0.29) is 17.7 Å². The van der Waals surface area contributed by atoms with Crippen molar-refractivity contribution in [2.24, 2.45) is 0 Å². The molecule has 1 amide bonds. The number of nitro groups is 1. The maximum Gasteiger partial charge on any atom is 0.303 e. The van der Waals surface area contributed by atoms with Crippen molar-refractivity contribution in [2.75, 3.05) is 5.32 Å². The lowest BCUT2D eigenvalue weighted by Gasteiger charge is -2.10. The fourth-order valence-corrected chi connectivity index (χ4v) is 2.88. The Bertz CT molecular complexity index is 1040. The average Bonchev–Trinajstić information content (AvgIpc) is 3.02. The number of benzene rings is 2. The Hall–Kier alpha value is -3.75. The van der Waals surface area contributed by atoms with Gasteiger partial charge in [0.2, 0.25) is 5.95 Å². The van der Waals surface area contributed by atoms with Crippen LogP contribution >= 0.6 is 0 Å². The van der Waals surface area contributed by atoms with Gasteiger partial charge in [-0.25, -0.2) is 4.98 Å². The van der Waals surface area contributed by atoms with Crippen molar-refractivity contribution in [3.63, 3.8) is 0 Å². The molecule has 0 saturated carbocycles. The van der Waals surface area contributed by atoms with E-state index in [1.54, 1.807) is 0 Å². The van der Waals surface area contributed by atoms with Crippen LogP contribution in [-0.2, 0) is 11.3 Å². The van der Waals surface area contributed by atoms with Crippen molar-refractivity contribution in [1.82, 2.24) is 9.55 Å². The van der Waals surface area contributed by atoms with Gasteiger partial charge in [0.15, 0.2) is 0 Å². The molecule has 2 N–H and O–H groups in total. The number of carbonyl (C=O) groups is 2. The zero-order chi connectivity index (χ0) is 20.1. The van der Waals surface area contributed by atoms with Gasteiger partial charge in [-0.2, -0.15) is 0 Å². The number of unbranched alkanes of at least 4 members (excludes halogenated alkanes) is 1. The predicted molar refractivity (Wildman–Crippen MR) is 102 cm³/mol. The maximum absolute atomic E-state index is 12.6. The van der Waals surface area contributed by atoms with Crippen molar-refractivity contribution in [1.29, 1.82) is 0 Å². The van der Waals surface area contributed by atoms with Crippen LogP contribution in [0.1, 0.15) is 29.6 Å². The maximum atomic E-state index is 12.6. The Morgan fingerprint density at radius 3 is 2.68 bits per heavy atom. The number of nitro benzene ring substituents is 1. The number of anilines is 1. The smallest absolute Gasteiger partial charge is 0.303 e. The van der Waals surface area contributed by atoms with E-state index in [0.29, 0.717) is 30.9 Å². The number of imidazole rings is 1. The molecule has 1 aromatic heterocycles. The predicted octanol–water partition coefficient (Wildman–Crippen LogP) is 3.45. The highest BCUT2D eigenvalue weighted by Crippen LogP contribution is 2.22. The van der Waals surface area contributed by atoms with Crippen LogP contribution in [0.4, 0.5) is 11.6 Å². The first-order chi connectivity index (χ1) is 13.5. The van der Waals surface area contributed by atoms with Crippen LogP contribution in [0.15, 0.2) is 48.5 Å². The molecule has 9 nitrogen and oxygen atoms in total. The summed E-state index contributed by atoms with van der Waals surface area (Å²) in [6.45, 7) is 0.484. The second-order valence-corrected chi connectivity index (χ2v) is 6.19. The number of non-ortho nitro benzene ring substituents is 1. The number of fused-ring (bicyclic) bond motifs is 1. The van der Waals surface area contributed by atoms with Gasteiger partial charge in [0, 0.05) is 30.7 Å². The third kappa shape index (κ3) is 4.32. The molecule has 0 unspecified atom stereocenters. The molecule has 0 aliphatic heterocycles. The Balaban J connectivity index is 1.84. The first-order valence-corrected chi connectivity index (χ1v) is 8.68. The Morgan fingerprint density at radius 2 is 1.93 bits per heavy atom. The van der Waals surface area contributed by atoms with Gasteiger partial charge in [0.25, 0.3) is 11.6 Å². The number of nitrogens with one attached hydrogen (secondary N) is 1. The van der Waals surface area contributed by atoms with E-state index < -0.39 is 16.8 Å². The molecular formula is C19H18N4O5. The minimum atomic E-state index is -0.852. The topological polar surface area (TPSA) is 127 Å². The molecular weight excluding hydrogens is 364 g/mol. The second kappa shape index (κ2) is 8.30. The van der Waals surface area contributed by atoms with Crippen LogP contribution in [-0.4, -0.2) is 31.5 Å². The number of aliphatic carboxylic acids is 1. The van der Waals surface area contributed by atoms with Gasteiger partial charge in [-0.15, -0.1) is 0 Å². The van der Waals surface area contributed by atoms with Crippen LogP contribution in [0.5, 0.6) is 0 Å². The average molecular weight is 382 g/mol. The van der Waals surface area contributed by atoms with E-state index >= 15 is 0 Å². The highest BCUT2D eigenvalue weighted by atomic mass is 16.6. The first-order valence-electron chi connectivity index (χ1n) is 8.68. The highest BCUT2D eigenvalue weighted by molar-refractivity contribution is 6.04. The number of rotatable bonds is 8. The summed E-state index contributed by atoms with van der Waals surface area (Å²) < 4.78 is 1.81. The number of amides is 1. The summed E-state index contributed by atoms with van der Waals surface area (Å²) in [5, 5.41) is 22.4. The van der Waals surface area contributed by atoms with E-state index in [0.717, 1.165) is 5.52 Å². The number of para-hydroxylation sites is 2. The van der Waals surface area contributed by atoms with Crippen LogP contribution in [0.2, 0.25) is 0 Å². The first kappa shape index (κ1) is 19.0. The van der Waals surface area contributed by atoms with E-state index in [1.807, 2.05) is 28.8 Å². The zero-order valence-corrected chi connectivity index (χ0v) is 14.9. The molecule has 0 fully saturated rings. The van der Waals surface area contributed by atoms with Crippen molar-refractivity contribution in [3.05, 3.63) is 64.2 Å². The number of carboxylic acids is 1. The number of nitrogens with zero attached hydrogens (tertiary/aromatic N) is 3. The molecule has 28 heavy (non-hydrogen) atoms. The van der Waals surface area contributed by atoms with Gasteiger partial charge < -0.3 is 9.67 Å². The zero-order valence-electron chi connectivity index (χ0n) is 14.9. The molecule has 0 radical (unpaired) electrons. The molecule has 0 spiro atoms. The summed E-state index contributed by atoms with van der Waals surface area (Å²) in [6, 6.07) is 12.8. The van der Waals surface area contributed by atoms with E-state index in [4.69, 9.17) is 5.11 Å². The quantitative estimate of drug-likeness (QED) is 0.349. The van der Waals surface area contributed by atoms with E-state index in [1.165, 1.54) is 24.3 Å². The van der Waals surface area contributed by atoms with Gasteiger partial charge in [-0.3, -0.25) is 25.0 Å². The van der Waals surface area contributed by atoms with Crippen molar-refractivity contribution >= 4 is 34.5 Å². The molecule has 0 atom stereocenters. The summed E-state index contributed by atoms with van der Waals surface area (Å²) >= 11 is 0. The van der Waals surface area contributed by atoms with Crippen molar-refractivity contribution < 1.29 is 19.6 Å².